The lowest BCUT2D eigenvalue weighted by Gasteiger charge is -2.33. The van der Waals surface area contributed by atoms with Gasteiger partial charge in [0.25, 0.3) is 10.0 Å². The van der Waals surface area contributed by atoms with E-state index in [1.807, 2.05) is 0 Å². The van der Waals surface area contributed by atoms with E-state index in [1.165, 1.54) is 36.2 Å². The zero-order valence-electron chi connectivity index (χ0n) is 21.2. The van der Waals surface area contributed by atoms with Crippen molar-refractivity contribution in [1.82, 2.24) is 10.2 Å². The van der Waals surface area contributed by atoms with Crippen LogP contribution in [-0.4, -0.2) is 44.8 Å². The maximum Gasteiger partial charge on any atom is 0.416 e. The molecule has 0 fully saturated rings. The van der Waals surface area contributed by atoms with Crippen LogP contribution in [0.5, 0.6) is 0 Å². The number of alkyl halides is 3. The van der Waals surface area contributed by atoms with E-state index in [9.17, 15) is 31.2 Å². The van der Waals surface area contributed by atoms with Gasteiger partial charge in [-0.2, -0.15) is 13.2 Å². The highest BCUT2D eigenvalue weighted by Crippen LogP contribution is 2.37. The Bertz CT molecular complexity index is 1400. The summed E-state index contributed by atoms with van der Waals surface area (Å²) in [5.74, 6) is -1.28. The lowest BCUT2D eigenvalue weighted by atomic mass is 10.1. The normalized spacial score (nSPS) is 12.5. The van der Waals surface area contributed by atoms with E-state index in [0.29, 0.717) is 15.9 Å². The fraction of sp³-hybridized carbons (Fsp3) is 0.259. The minimum atomic E-state index is -4.79. The van der Waals surface area contributed by atoms with Gasteiger partial charge in [0, 0.05) is 13.6 Å². The Hall–Kier alpha value is -3.57. The van der Waals surface area contributed by atoms with Crippen LogP contribution in [0.15, 0.2) is 83.8 Å². The van der Waals surface area contributed by atoms with Crippen LogP contribution in [0, 0.1) is 0 Å². The van der Waals surface area contributed by atoms with Crippen LogP contribution in [0.25, 0.3) is 0 Å². The molecule has 12 heteroatoms. The highest BCUT2D eigenvalue weighted by atomic mass is 35.5. The molecule has 0 unspecified atom stereocenters. The predicted molar refractivity (Wildman–Crippen MR) is 143 cm³/mol. The summed E-state index contributed by atoms with van der Waals surface area (Å²) in [7, 11) is -3.16. The van der Waals surface area contributed by atoms with Crippen LogP contribution in [0.1, 0.15) is 24.5 Å². The average Bonchev–Trinajstić information content (AvgIpc) is 2.92. The number of hydrogen-bond donors (Lipinski definition) is 1. The summed E-state index contributed by atoms with van der Waals surface area (Å²) in [4.78, 5) is 27.4. The molecular weight excluding hydrogens is 555 g/mol. The third kappa shape index (κ3) is 7.10. The lowest BCUT2D eigenvalue weighted by Crippen LogP contribution is -2.51. The number of halogens is 4. The predicted octanol–water partition coefficient (Wildman–Crippen LogP) is 5.11. The Morgan fingerprint density at radius 3 is 2.10 bits per heavy atom. The molecule has 3 aromatic rings. The van der Waals surface area contributed by atoms with Crippen LogP contribution < -0.4 is 9.62 Å². The molecule has 0 spiro atoms. The van der Waals surface area contributed by atoms with Crippen molar-refractivity contribution in [2.75, 3.05) is 17.9 Å². The van der Waals surface area contributed by atoms with Crippen LogP contribution in [-0.2, 0) is 32.3 Å². The SMILES string of the molecule is CC[C@@H](C(=O)NC)N(Cc1ccccc1)C(=O)CN(c1cc(C(F)(F)F)ccc1Cl)S(=O)(=O)c1ccccc1. The Morgan fingerprint density at radius 1 is 0.974 bits per heavy atom. The molecule has 2 amide bonds. The third-order valence-electron chi connectivity index (χ3n) is 5.98. The van der Waals surface area contributed by atoms with Crippen molar-refractivity contribution in [3.63, 3.8) is 0 Å². The van der Waals surface area contributed by atoms with Gasteiger partial charge >= 0.3 is 6.18 Å². The molecular formula is C27H27ClF3N3O4S. The minimum Gasteiger partial charge on any atom is -0.357 e. The zero-order chi connectivity index (χ0) is 28.8. The largest absolute Gasteiger partial charge is 0.416 e. The van der Waals surface area contributed by atoms with Crippen molar-refractivity contribution in [1.29, 1.82) is 0 Å². The molecule has 0 bridgehead atoms. The number of hydrogen-bond acceptors (Lipinski definition) is 4. The van der Waals surface area contributed by atoms with Crippen molar-refractivity contribution in [3.8, 4) is 0 Å². The highest BCUT2D eigenvalue weighted by Gasteiger charge is 2.36. The van der Waals surface area contributed by atoms with E-state index in [-0.39, 0.29) is 22.9 Å². The summed E-state index contributed by atoms with van der Waals surface area (Å²) >= 11 is 6.23. The quantitative estimate of drug-likeness (QED) is 0.361. The number of anilines is 1. The first-order chi connectivity index (χ1) is 18.4. The Kier molecular flexibility index (Phi) is 9.63. The van der Waals surface area contributed by atoms with E-state index in [1.54, 1.807) is 43.3 Å². The van der Waals surface area contributed by atoms with Crippen LogP contribution in [0.4, 0.5) is 18.9 Å². The standard InChI is InChI=1S/C27H27ClF3N3O4S/c1-3-23(26(36)32-2)33(17-19-10-6-4-7-11-19)25(35)18-34(39(37,38)21-12-8-5-9-13-21)24-16-20(27(29,30)31)14-15-22(24)28/h4-16,23H,3,17-18H2,1-2H3,(H,32,36)/t23-/m0/s1. The summed E-state index contributed by atoms with van der Waals surface area (Å²) in [5, 5.41) is 2.20. The summed E-state index contributed by atoms with van der Waals surface area (Å²) in [6, 6.07) is 17.0. The molecule has 1 N–H and O–H groups in total. The van der Waals surface area contributed by atoms with Gasteiger partial charge in [-0.05, 0) is 42.3 Å². The van der Waals surface area contributed by atoms with Crippen molar-refractivity contribution in [3.05, 3.63) is 95.0 Å². The first-order valence-electron chi connectivity index (χ1n) is 11.9. The number of nitrogens with one attached hydrogen (secondary N) is 1. The maximum absolute atomic E-state index is 13.8. The molecule has 0 aliphatic rings. The number of nitrogens with zero attached hydrogens (tertiary/aromatic N) is 2. The fourth-order valence-electron chi connectivity index (χ4n) is 3.98. The first-order valence-corrected chi connectivity index (χ1v) is 13.7. The number of likely N-dealkylation sites (N-methyl/N-ethyl adjacent to an activating group) is 1. The van der Waals surface area contributed by atoms with Gasteiger partial charge in [0.05, 0.1) is 21.2 Å². The second-order valence-electron chi connectivity index (χ2n) is 8.53. The number of rotatable bonds is 10. The third-order valence-corrected chi connectivity index (χ3v) is 8.07. The molecule has 208 valence electrons. The second-order valence-corrected chi connectivity index (χ2v) is 10.8. The summed E-state index contributed by atoms with van der Waals surface area (Å²) in [6.07, 6.45) is -4.59. The fourth-order valence-corrected chi connectivity index (χ4v) is 5.69. The molecule has 0 aliphatic heterocycles. The molecule has 0 radical (unpaired) electrons. The van der Waals surface area contributed by atoms with Gasteiger partial charge in [0.2, 0.25) is 11.8 Å². The van der Waals surface area contributed by atoms with Crippen molar-refractivity contribution >= 4 is 39.1 Å². The Labute approximate surface area is 230 Å². The minimum absolute atomic E-state index is 0.0405. The molecule has 0 aromatic heterocycles. The molecule has 0 heterocycles. The van der Waals surface area contributed by atoms with E-state index in [4.69, 9.17) is 11.6 Å². The molecule has 0 aliphatic carbocycles. The van der Waals surface area contributed by atoms with Gasteiger partial charge in [-0.1, -0.05) is 67.1 Å². The van der Waals surface area contributed by atoms with E-state index in [2.05, 4.69) is 5.32 Å². The topological polar surface area (TPSA) is 86.8 Å². The highest BCUT2D eigenvalue weighted by molar-refractivity contribution is 7.92. The smallest absolute Gasteiger partial charge is 0.357 e. The van der Waals surface area contributed by atoms with Gasteiger partial charge in [-0.3, -0.25) is 13.9 Å². The van der Waals surface area contributed by atoms with Crippen LogP contribution >= 0.6 is 11.6 Å². The molecule has 3 rings (SSSR count). The van der Waals surface area contributed by atoms with Crippen LogP contribution in [0.2, 0.25) is 5.02 Å². The van der Waals surface area contributed by atoms with E-state index >= 15 is 0 Å². The number of carbonyl (C=O) groups excluding carboxylic acids is 2. The van der Waals surface area contributed by atoms with Gasteiger partial charge in [0.1, 0.15) is 12.6 Å². The average molecular weight is 582 g/mol. The van der Waals surface area contributed by atoms with Gasteiger partial charge in [-0.15, -0.1) is 0 Å². The number of amides is 2. The monoisotopic (exact) mass is 581 g/mol. The summed E-state index contributed by atoms with van der Waals surface area (Å²) in [6.45, 7) is 0.743. The first kappa shape index (κ1) is 30.0. The molecule has 3 aromatic carbocycles. The number of carbonyl (C=O) groups is 2. The summed E-state index contributed by atoms with van der Waals surface area (Å²) < 4.78 is 68.7. The van der Waals surface area contributed by atoms with E-state index in [0.717, 1.165) is 12.1 Å². The Balaban J connectivity index is 2.15. The Morgan fingerprint density at radius 2 is 1.56 bits per heavy atom. The van der Waals surface area contributed by atoms with Crippen molar-refractivity contribution in [2.24, 2.45) is 0 Å². The molecule has 0 saturated carbocycles. The van der Waals surface area contributed by atoms with Crippen LogP contribution in [0.3, 0.4) is 0 Å². The van der Waals surface area contributed by atoms with Gasteiger partial charge in [-0.25, -0.2) is 8.42 Å². The van der Waals surface area contributed by atoms with Crippen molar-refractivity contribution in [2.45, 2.75) is 37.0 Å². The lowest BCUT2D eigenvalue weighted by molar-refractivity contribution is -0.140. The van der Waals surface area contributed by atoms with Crippen molar-refractivity contribution < 1.29 is 31.2 Å². The molecule has 1 atom stereocenters. The summed E-state index contributed by atoms with van der Waals surface area (Å²) in [5.41, 5.74) is -0.986. The molecule has 0 saturated heterocycles. The molecule has 39 heavy (non-hydrogen) atoms. The zero-order valence-corrected chi connectivity index (χ0v) is 22.7. The maximum atomic E-state index is 13.8. The number of benzene rings is 3. The van der Waals surface area contributed by atoms with Gasteiger partial charge < -0.3 is 10.2 Å². The second kappa shape index (κ2) is 12.5. The van der Waals surface area contributed by atoms with E-state index < -0.39 is 51.9 Å². The number of sulfonamides is 1. The van der Waals surface area contributed by atoms with Gasteiger partial charge in [0.15, 0.2) is 0 Å². The molecule has 7 nitrogen and oxygen atoms in total.